The van der Waals surface area contributed by atoms with E-state index in [1.165, 1.54) is 66.8 Å². The summed E-state index contributed by atoms with van der Waals surface area (Å²) in [6, 6.07) is 88.8. The summed E-state index contributed by atoms with van der Waals surface area (Å²) in [6.45, 7) is 14.8. The van der Waals surface area contributed by atoms with Crippen molar-refractivity contribution in [3.05, 3.63) is 287 Å². The second-order valence-corrected chi connectivity index (χ2v) is 37.7. The standard InChI is InChI=1S/2C28H20.2C4H9.2Sn/c2*1-5-13-23(14-6-1)21-27(25-17-9-3-10-18-25)28(26-19-11-4-12-20-26)22-24-15-7-2-8-16-24;2*1-4(2)3;;/h2*1-20H;2*1-3H3;;. The van der Waals surface area contributed by atoms with Gasteiger partial charge >= 0.3 is 412 Å². The van der Waals surface area contributed by atoms with E-state index < -0.39 is 39.5 Å². The second kappa shape index (κ2) is 20.0. The van der Waals surface area contributed by atoms with E-state index in [0.29, 0.717) is 0 Å². The molecule has 2 heteroatoms. The van der Waals surface area contributed by atoms with E-state index in [0.717, 1.165) is 0 Å². The van der Waals surface area contributed by atoms with Crippen LogP contribution in [0.3, 0.4) is 0 Å². The minimum atomic E-state index is -2.44. The quantitative estimate of drug-likeness (QED) is 0.133. The number of allylic oxidation sites excluding steroid dienone is 4. The minimum absolute atomic E-state index is 0.231. The van der Waals surface area contributed by atoms with Crippen molar-refractivity contribution < 1.29 is 0 Å². The van der Waals surface area contributed by atoms with Crippen LogP contribution in [0.2, 0.25) is 6.86 Å². The number of benzene rings is 8. The molecule has 10 rings (SSSR count). The van der Waals surface area contributed by atoms with E-state index >= 15 is 0 Å². The first kappa shape index (κ1) is 45.5. The van der Waals surface area contributed by atoms with Crippen molar-refractivity contribution in [2.45, 2.75) is 48.4 Å². The maximum atomic E-state index is 2.46. The first-order valence-corrected chi connectivity index (χ1v) is 31.8. The van der Waals surface area contributed by atoms with Crippen LogP contribution in [0.15, 0.2) is 243 Å². The van der Waals surface area contributed by atoms with E-state index in [1.807, 2.05) is 0 Å². The molecule has 0 bridgehead atoms. The van der Waals surface area contributed by atoms with Gasteiger partial charge in [0.25, 0.3) is 0 Å². The summed E-state index contributed by atoms with van der Waals surface area (Å²) >= 11 is -4.88. The van der Waals surface area contributed by atoms with Crippen LogP contribution < -0.4 is 0 Å². The van der Waals surface area contributed by atoms with Crippen LogP contribution in [0, 0.1) is 0 Å². The Hall–Kier alpha value is -5.68. The summed E-state index contributed by atoms with van der Waals surface area (Å²) < 4.78 is 6.94. The van der Waals surface area contributed by atoms with Gasteiger partial charge in [-0.3, -0.25) is 0 Å². The third-order valence-electron chi connectivity index (χ3n) is 12.5. The fourth-order valence-electron chi connectivity index (χ4n) is 9.90. The van der Waals surface area contributed by atoms with Crippen LogP contribution >= 0.6 is 0 Å². The zero-order valence-electron chi connectivity index (χ0n) is 39.1. The Morgan fingerprint density at radius 2 is 0.333 bits per heavy atom. The van der Waals surface area contributed by atoms with Gasteiger partial charge in [0.15, 0.2) is 0 Å². The van der Waals surface area contributed by atoms with Gasteiger partial charge in [-0.05, 0) is 0 Å². The first-order valence-electron chi connectivity index (χ1n) is 23.3. The van der Waals surface area contributed by atoms with Gasteiger partial charge in [0.05, 0.1) is 0 Å². The summed E-state index contributed by atoms with van der Waals surface area (Å²) in [7, 11) is 0. The molecule has 0 saturated heterocycles. The van der Waals surface area contributed by atoms with Gasteiger partial charge in [-0.25, -0.2) is 0 Å². The fraction of sp³-hybridized carbons (Fsp3) is 0.125. The topological polar surface area (TPSA) is 0 Å². The Morgan fingerprint density at radius 1 is 0.197 bits per heavy atom. The summed E-state index contributed by atoms with van der Waals surface area (Å²) in [5, 5.41) is 0. The predicted octanol–water partition coefficient (Wildman–Crippen LogP) is 17.2. The molecular formula is C64H58Sn2. The predicted molar refractivity (Wildman–Crippen MR) is 290 cm³/mol. The molecule has 0 fully saturated rings. The van der Waals surface area contributed by atoms with E-state index in [2.05, 4.69) is 284 Å². The van der Waals surface area contributed by atoms with Gasteiger partial charge in [-0.1, -0.05) is 0 Å². The molecule has 322 valence electrons. The van der Waals surface area contributed by atoms with Crippen molar-refractivity contribution in [3.63, 3.8) is 0 Å². The first-order chi connectivity index (χ1) is 32.1. The molecule has 8 aromatic rings. The summed E-state index contributed by atoms with van der Waals surface area (Å²) in [6.07, 6.45) is 0. The molecule has 0 aliphatic carbocycles. The van der Waals surface area contributed by atoms with Crippen molar-refractivity contribution in [3.8, 4) is 0 Å². The summed E-state index contributed by atoms with van der Waals surface area (Å²) in [5.74, 6) is 0. The molecule has 66 heavy (non-hydrogen) atoms. The number of hydrogen-bond donors (Lipinski definition) is 0. The Balaban J connectivity index is 0.000000166. The molecule has 0 nitrogen and oxygen atoms in total. The Bertz CT molecular complexity index is 2600. The van der Waals surface area contributed by atoms with Gasteiger partial charge in [0.1, 0.15) is 0 Å². The third kappa shape index (κ3) is 9.46. The van der Waals surface area contributed by atoms with Crippen LogP contribution in [0.5, 0.6) is 0 Å². The SMILES string of the molecule is C[C](C)(C)[Sn]1[C](c2ccccc2)=C(c2ccccc2)C(c2ccccc2)=[C]1c1ccccc1.C[C](C)(C)[Sn]1[C](c2ccccc2)=C(c2ccccc2)C(c2ccccc2)=[C]1c1ccccc1. The molecule has 0 saturated carbocycles. The molecule has 8 aromatic carbocycles. The molecule has 0 N–H and O–H groups in total. The van der Waals surface area contributed by atoms with E-state index in [4.69, 9.17) is 0 Å². The number of hydrogen-bond acceptors (Lipinski definition) is 0. The van der Waals surface area contributed by atoms with Gasteiger partial charge in [-0.2, -0.15) is 0 Å². The van der Waals surface area contributed by atoms with Gasteiger partial charge in [0, 0.05) is 0 Å². The molecule has 0 atom stereocenters. The van der Waals surface area contributed by atoms with Crippen molar-refractivity contribution >= 4 is 76.2 Å². The van der Waals surface area contributed by atoms with Crippen molar-refractivity contribution in [2.75, 3.05) is 0 Å². The molecule has 0 spiro atoms. The van der Waals surface area contributed by atoms with Crippen LogP contribution in [-0.2, 0) is 0 Å². The molecular weight excluding hydrogens is 1010 g/mol. The van der Waals surface area contributed by atoms with Crippen LogP contribution in [0.4, 0.5) is 0 Å². The Kier molecular flexibility index (Phi) is 13.8. The van der Waals surface area contributed by atoms with Crippen LogP contribution in [0.25, 0.3) is 36.6 Å². The zero-order chi connectivity index (χ0) is 45.7. The average Bonchev–Trinajstić information content (AvgIpc) is 3.93. The average molecular weight is 1060 g/mol. The summed E-state index contributed by atoms with van der Waals surface area (Å²) in [5.41, 5.74) is 16.6. The van der Waals surface area contributed by atoms with Gasteiger partial charge in [0.2, 0.25) is 0 Å². The molecule has 2 radical (unpaired) electrons. The van der Waals surface area contributed by atoms with Gasteiger partial charge < -0.3 is 0 Å². The summed E-state index contributed by atoms with van der Waals surface area (Å²) in [4.78, 5) is 0. The molecule has 2 heterocycles. The molecule has 2 aliphatic heterocycles. The van der Waals surface area contributed by atoms with Crippen LogP contribution in [0.1, 0.15) is 86.1 Å². The Labute approximate surface area is 408 Å². The molecule has 0 unspecified atom stereocenters. The fourth-order valence-corrected chi connectivity index (χ4v) is 31.0. The van der Waals surface area contributed by atoms with Crippen molar-refractivity contribution in [1.29, 1.82) is 0 Å². The number of rotatable bonds is 8. The second-order valence-electron chi connectivity index (χ2n) is 19.2. The molecule has 0 amide bonds. The van der Waals surface area contributed by atoms with E-state index in [-0.39, 0.29) is 6.86 Å². The maximum absolute atomic E-state index is 2.46. The molecule has 0 aromatic heterocycles. The monoisotopic (exact) mass is 1070 g/mol. The van der Waals surface area contributed by atoms with Crippen molar-refractivity contribution in [1.82, 2.24) is 0 Å². The Morgan fingerprint density at radius 3 is 0.470 bits per heavy atom. The van der Waals surface area contributed by atoms with Crippen molar-refractivity contribution in [2.24, 2.45) is 0 Å². The third-order valence-corrected chi connectivity index (χ3v) is 32.9. The van der Waals surface area contributed by atoms with E-state index in [1.54, 1.807) is 14.4 Å². The van der Waals surface area contributed by atoms with Crippen LogP contribution in [-0.4, -0.2) is 39.5 Å². The molecule has 2 aliphatic rings. The van der Waals surface area contributed by atoms with Gasteiger partial charge in [-0.15, -0.1) is 0 Å². The van der Waals surface area contributed by atoms with E-state index in [9.17, 15) is 0 Å². The zero-order valence-corrected chi connectivity index (χ0v) is 44.8. The normalized spacial score (nSPS) is 14.8.